The summed E-state index contributed by atoms with van der Waals surface area (Å²) in [5.41, 5.74) is 6.78. The molecular weight excluding hydrogens is 354 g/mol. The van der Waals surface area contributed by atoms with Gasteiger partial charge in [0.05, 0.1) is 17.7 Å². The van der Waals surface area contributed by atoms with Gasteiger partial charge in [0.1, 0.15) is 5.75 Å². The summed E-state index contributed by atoms with van der Waals surface area (Å²) >= 11 is 0. The number of benzene rings is 2. The summed E-state index contributed by atoms with van der Waals surface area (Å²) in [6, 6.07) is 11.3. The molecule has 3 N–H and O–H groups in total. The van der Waals surface area contributed by atoms with Crippen molar-refractivity contribution in [1.29, 1.82) is 0 Å². The van der Waals surface area contributed by atoms with Gasteiger partial charge in [-0.2, -0.15) is 0 Å². The molecule has 0 unspecified atom stereocenters. The Morgan fingerprint density at radius 2 is 1.92 bits per heavy atom. The molecule has 0 fully saturated rings. The molecule has 26 heavy (non-hydrogen) atoms. The Hall–Kier alpha value is -2.58. The average Bonchev–Trinajstić information content (AvgIpc) is 2.65. The first-order valence-electron chi connectivity index (χ1n) is 8.03. The van der Waals surface area contributed by atoms with Crippen molar-refractivity contribution in [2.24, 2.45) is 5.73 Å². The van der Waals surface area contributed by atoms with Crippen LogP contribution in [0, 0.1) is 6.92 Å². The average molecular weight is 377 g/mol. The van der Waals surface area contributed by atoms with Gasteiger partial charge in [-0.05, 0) is 36.8 Å². The van der Waals surface area contributed by atoms with Crippen molar-refractivity contribution in [1.82, 2.24) is 5.32 Å². The Morgan fingerprint density at radius 3 is 2.58 bits per heavy atom. The molecule has 0 aromatic heterocycles. The first-order chi connectivity index (χ1) is 12.3. The van der Waals surface area contributed by atoms with Crippen molar-refractivity contribution in [2.75, 3.05) is 31.6 Å². The van der Waals surface area contributed by atoms with Gasteiger partial charge in [0.25, 0.3) is 15.9 Å². The number of para-hydroxylation sites is 2. The van der Waals surface area contributed by atoms with Crippen LogP contribution in [0.2, 0.25) is 0 Å². The molecule has 0 aliphatic rings. The molecule has 7 nitrogen and oxygen atoms in total. The van der Waals surface area contributed by atoms with Crippen LogP contribution < -0.4 is 20.1 Å². The lowest BCUT2D eigenvalue weighted by Crippen LogP contribution is -2.30. The van der Waals surface area contributed by atoms with Crippen LogP contribution in [-0.4, -0.2) is 41.6 Å². The fraction of sp³-hybridized carbons (Fsp3) is 0.278. The van der Waals surface area contributed by atoms with E-state index in [4.69, 9.17) is 10.5 Å². The highest BCUT2D eigenvalue weighted by molar-refractivity contribution is 7.92. The van der Waals surface area contributed by atoms with E-state index >= 15 is 0 Å². The lowest BCUT2D eigenvalue weighted by atomic mass is 10.1. The fourth-order valence-electron chi connectivity index (χ4n) is 2.46. The van der Waals surface area contributed by atoms with E-state index in [0.29, 0.717) is 35.7 Å². The maximum atomic E-state index is 13.0. The van der Waals surface area contributed by atoms with Gasteiger partial charge in [-0.3, -0.25) is 9.10 Å². The number of nitrogens with zero attached hydrogens (tertiary/aromatic N) is 1. The van der Waals surface area contributed by atoms with Crippen LogP contribution in [-0.2, 0) is 10.0 Å². The predicted octanol–water partition coefficient (Wildman–Crippen LogP) is 1.52. The summed E-state index contributed by atoms with van der Waals surface area (Å²) in [6.07, 6.45) is 0. The van der Waals surface area contributed by atoms with Crippen LogP contribution >= 0.6 is 0 Å². The topological polar surface area (TPSA) is 102 Å². The molecule has 2 aromatic rings. The fourth-order valence-corrected chi connectivity index (χ4v) is 3.70. The molecule has 0 heterocycles. The van der Waals surface area contributed by atoms with Crippen LogP contribution in [0.25, 0.3) is 0 Å². The lowest BCUT2D eigenvalue weighted by Gasteiger charge is -2.22. The molecule has 1 amide bonds. The number of nitrogens with two attached hydrogens (primary N) is 1. The van der Waals surface area contributed by atoms with Crippen molar-refractivity contribution in [2.45, 2.75) is 11.8 Å². The third kappa shape index (κ3) is 3.97. The van der Waals surface area contributed by atoms with Gasteiger partial charge < -0.3 is 15.8 Å². The van der Waals surface area contributed by atoms with E-state index in [0.717, 1.165) is 4.31 Å². The maximum absolute atomic E-state index is 13.0. The highest BCUT2D eigenvalue weighted by atomic mass is 32.2. The second-order valence-electron chi connectivity index (χ2n) is 5.67. The van der Waals surface area contributed by atoms with Gasteiger partial charge in [-0.15, -0.1) is 0 Å². The number of anilines is 1. The van der Waals surface area contributed by atoms with E-state index in [1.165, 1.54) is 26.3 Å². The quantitative estimate of drug-likeness (QED) is 0.762. The third-order valence-corrected chi connectivity index (χ3v) is 5.73. The Balaban J connectivity index is 2.44. The second-order valence-corrected chi connectivity index (χ2v) is 7.63. The highest BCUT2D eigenvalue weighted by Gasteiger charge is 2.25. The van der Waals surface area contributed by atoms with Gasteiger partial charge in [0.15, 0.2) is 0 Å². The standard InChI is InChI=1S/C18H23N3O4S/c1-13-8-9-14(12-15(13)18(22)20-11-10-19)26(23,24)21(2)16-6-4-5-7-17(16)25-3/h4-9,12H,10-11,19H2,1-3H3,(H,20,22). The van der Waals surface area contributed by atoms with E-state index in [-0.39, 0.29) is 10.8 Å². The number of hydrogen-bond donors (Lipinski definition) is 2. The molecule has 0 aliphatic heterocycles. The SMILES string of the molecule is COc1ccccc1N(C)S(=O)(=O)c1ccc(C)c(C(=O)NCCN)c1. The zero-order valence-electron chi connectivity index (χ0n) is 15.0. The number of aryl methyl sites for hydroxylation is 1. The molecule has 2 aromatic carbocycles. The first-order valence-corrected chi connectivity index (χ1v) is 9.47. The molecule has 0 bridgehead atoms. The summed E-state index contributed by atoms with van der Waals surface area (Å²) in [5, 5.41) is 2.65. The van der Waals surface area contributed by atoms with Gasteiger partial charge in [-0.1, -0.05) is 18.2 Å². The number of carbonyl (C=O) groups excluding carboxylic acids is 1. The molecule has 0 aliphatic carbocycles. The minimum atomic E-state index is -3.87. The largest absolute Gasteiger partial charge is 0.495 e. The van der Waals surface area contributed by atoms with Crippen LogP contribution in [0.1, 0.15) is 15.9 Å². The monoisotopic (exact) mass is 377 g/mol. The third-order valence-electron chi connectivity index (χ3n) is 3.97. The zero-order valence-corrected chi connectivity index (χ0v) is 15.8. The van der Waals surface area contributed by atoms with Crippen LogP contribution in [0.15, 0.2) is 47.4 Å². The van der Waals surface area contributed by atoms with Crippen LogP contribution in [0.5, 0.6) is 5.75 Å². The molecular formula is C18H23N3O4S. The summed E-state index contributed by atoms with van der Waals surface area (Å²) in [6.45, 7) is 2.37. The Bertz CT molecular complexity index is 897. The highest BCUT2D eigenvalue weighted by Crippen LogP contribution is 2.31. The second kappa shape index (κ2) is 8.20. The minimum Gasteiger partial charge on any atom is -0.495 e. The molecule has 0 spiro atoms. The van der Waals surface area contributed by atoms with E-state index in [1.54, 1.807) is 37.3 Å². The summed E-state index contributed by atoms with van der Waals surface area (Å²) in [7, 11) is -0.946. The van der Waals surface area contributed by atoms with Crippen LogP contribution in [0.3, 0.4) is 0 Å². The minimum absolute atomic E-state index is 0.0226. The Kier molecular flexibility index (Phi) is 6.23. The molecule has 0 atom stereocenters. The number of rotatable bonds is 7. The number of methoxy groups -OCH3 is 1. The van der Waals surface area contributed by atoms with E-state index in [2.05, 4.69) is 5.32 Å². The number of sulfonamides is 1. The molecule has 2 rings (SSSR count). The van der Waals surface area contributed by atoms with E-state index in [9.17, 15) is 13.2 Å². The number of hydrogen-bond acceptors (Lipinski definition) is 5. The molecule has 0 saturated carbocycles. The van der Waals surface area contributed by atoms with Gasteiger partial charge in [0.2, 0.25) is 0 Å². The summed E-state index contributed by atoms with van der Waals surface area (Å²) < 4.78 is 32.4. The number of ether oxygens (including phenoxy) is 1. The Morgan fingerprint density at radius 1 is 1.23 bits per heavy atom. The smallest absolute Gasteiger partial charge is 0.264 e. The van der Waals surface area contributed by atoms with Crippen molar-refractivity contribution in [3.63, 3.8) is 0 Å². The van der Waals surface area contributed by atoms with Crippen molar-refractivity contribution in [3.8, 4) is 5.75 Å². The summed E-state index contributed by atoms with van der Waals surface area (Å²) in [4.78, 5) is 12.3. The zero-order chi connectivity index (χ0) is 19.3. The molecule has 0 radical (unpaired) electrons. The normalized spacial score (nSPS) is 11.1. The van der Waals surface area contributed by atoms with Crippen molar-refractivity contribution in [3.05, 3.63) is 53.6 Å². The van der Waals surface area contributed by atoms with Crippen molar-refractivity contribution >= 4 is 21.6 Å². The van der Waals surface area contributed by atoms with Gasteiger partial charge in [-0.25, -0.2) is 8.42 Å². The van der Waals surface area contributed by atoms with E-state index in [1.807, 2.05) is 0 Å². The van der Waals surface area contributed by atoms with Gasteiger partial charge >= 0.3 is 0 Å². The van der Waals surface area contributed by atoms with Gasteiger partial charge in [0, 0.05) is 25.7 Å². The lowest BCUT2D eigenvalue weighted by molar-refractivity contribution is 0.0954. The Labute approximate surface area is 153 Å². The van der Waals surface area contributed by atoms with E-state index < -0.39 is 10.0 Å². The van der Waals surface area contributed by atoms with Crippen molar-refractivity contribution < 1.29 is 17.9 Å². The number of carbonyl (C=O) groups is 1. The number of nitrogens with one attached hydrogen (secondary N) is 1. The first kappa shape index (κ1) is 19.7. The maximum Gasteiger partial charge on any atom is 0.264 e. The number of amides is 1. The molecule has 0 saturated heterocycles. The summed E-state index contributed by atoms with van der Waals surface area (Å²) in [5.74, 6) is 0.0801. The van der Waals surface area contributed by atoms with Crippen LogP contribution in [0.4, 0.5) is 5.69 Å². The molecule has 140 valence electrons. The predicted molar refractivity (Wildman–Crippen MR) is 101 cm³/mol. The molecule has 8 heteroatoms.